The monoisotopic (exact) mass is 220 g/mol. The van der Waals surface area contributed by atoms with E-state index in [0.717, 1.165) is 12.8 Å². The molecule has 1 rings (SSSR count). The number of amides is 1. The Balaban J connectivity index is 2.63. The van der Waals surface area contributed by atoms with Gasteiger partial charge in [0.2, 0.25) is 5.91 Å². The summed E-state index contributed by atoms with van der Waals surface area (Å²) in [6, 6.07) is 8.02. The van der Waals surface area contributed by atoms with E-state index in [4.69, 9.17) is 5.73 Å². The maximum Gasteiger partial charge on any atom is 0.234 e. The van der Waals surface area contributed by atoms with E-state index in [2.05, 4.69) is 24.4 Å². The number of nitrogens with two attached hydrogens (primary N) is 1. The van der Waals surface area contributed by atoms with Crippen LogP contribution in [0.25, 0.3) is 0 Å². The minimum absolute atomic E-state index is 0.232. The van der Waals surface area contributed by atoms with Gasteiger partial charge in [0.25, 0.3) is 0 Å². The van der Waals surface area contributed by atoms with Crippen LogP contribution in [0.5, 0.6) is 0 Å². The zero-order valence-corrected chi connectivity index (χ0v) is 9.99. The third-order valence-electron chi connectivity index (χ3n) is 2.79. The molecule has 0 aliphatic heterocycles. The Hall–Kier alpha value is -1.35. The van der Waals surface area contributed by atoms with Crippen molar-refractivity contribution in [2.45, 2.75) is 39.3 Å². The Morgan fingerprint density at radius 3 is 2.44 bits per heavy atom. The van der Waals surface area contributed by atoms with Crippen LogP contribution in [0, 0.1) is 0 Å². The van der Waals surface area contributed by atoms with Crippen molar-refractivity contribution in [1.82, 2.24) is 5.32 Å². The van der Waals surface area contributed by atoms with Gasteiger partial charge < -0.3 is 11.1 Å². The first-order valence-electron chi connectivity index (χ1n) is 5.78. The summed E-state index contributed by atoms with van der Waals surface area (Å²) < 4.78 is 0. The lowest BCUT2D eigenvalue weighted by Crippen LogP contribution is -2.40. The number of hydrogen-bond donors (Lipinski definition) is 2. The molecule has 0 fully saturated rings. The van der Waals surface area contributed by atoms with Crippen LogP contribution in [0.4, 0.5) is 0 Å². The third kappa shape index (κ3) is 3.35. The van der Waals surface area contributed by atoms with Gasteiger partial charge in [0.05, 0.1) is 6.04 Å². The van der Waals surface area contributed by atoms with Gasteiger partial charge >= 0.3 is 0 Å². The SMILES string of the molecule is CCc1ccccc1CNC(CC)C(N)=O. The predicted molar refractivity (Wildman–Crippen MR) is 65.9 cm³/mol. The van der Waals surface area contributed by atoms with E-state index >= 15 is 0 Å². The maximum absolute atomic E-state index is 11.1. The average molecular weight is 220 g/mol. The van der Waals surface area contributed by atoms with Crippen molar-refractivity contribution in [3.8, 4) is 0 Å². The molecule has 3 N–H and O–H groups in total. The summed E-state index contributed by atoms with van der Waals surface area (Å²) in [5, 5.41) is 3.19. The predicted octanol–water partition coefficient (Wildman–Crippen LogP) is 1.60. The molecule has 1 atom stereocenters. The number of aryl methyl sites for hydroxylation is 1. The van der Waals surface area contributed by atoms with E-state index in [1.165, 1.54) is 11.1 Å². The van der Waals surface area contributed by atoms with Crippen LogP contribution in [-0.2, 0) is 17.8 Å². The minimum Gasteiger partial charge on any atom is -0.368 e. The van der Waals surface area contributed by atoms with Gasteiger partial charge in [0.1, 0.15) is 0 Å². The summed E-state index contributed by atoms with van der Waals surface area (Å²) in [4.78, 5) is 11.1. The Bertz CT molecular complexity index is 350. The normalized spacial score (nSPS) is 12.4. The van der Waals surface area contributed by atoms with Crippen LogP contribution in [0.15, 0.2) is 24.3 Å². The molecular formula is C13H20N2O. The fourth-order valence-electron chi connectivity index (χ4n) is 1.75. The molecule has 0 radical (unpaired) electrons. The Kier molecular flexibility index (Phi) is 4.99. The lowest BCUT2D eigenvalue weighted by Gasteiger charge is -2.14. The molecule has 1 aromatic rings. The summed E-state index contributed by atoms with van der Waals surface area (Å²) in [5.74, 6) is -0.281. The smallest absolute Gasteiger partial charge is 0.234 e. The highest BCUT2D eigenvalue weighted by atomic mass is 16.1. The molecule has 0 spiro atoms. The van der Waals surface area contributed by atoms with E-state index in [1.54, 1.807) is 0 Å². The molecule has 0 saturated carbocycles. The highest BCUT2D eigenvalue weighted by Gasteiger charge is 2.11. The van der Waals surface area contributed by atoms with E-state index in [9.17, 15) is 4.79 Å². The highest BCUT2D eigenvalue weighted by molar-refractivity contribution is 5.79. The van der Waals surface area contributed by atoms with Crippen molar-refractivity contribution in [3.05, 3.63) is 35.4 Å². The zero-order valence-electron chi connectivity index (χ0n) is 9.99. The first kappa shape index (κ1) is 12.7. The molecule has 3 heteroatoms. The fourth-order valence-corrected chi connectivity index (χ4v) is 1.75. The summed E-state index contributed by atoms with van der Waals surface area (Å²) in [6.45, 7) is 4.78. The summed E-state index contributed by atoms with van der Waals surface area (Å²) in [5.41, 5.74) is 7.84. The van der Waals surface area contributed by atoms with Gasteiger partial charge in [-0.15, -0.1) is 0 Å². The Morgan fingerprint density at radius 2 is 1.94 bits per heavy atom. The Labute approximate surface area is 97.0 Å². The second kappa shape index (κ2) is 6.28. The molecule has 16 heavy (non-hydrogen) atoms. The van der Waals surface area contributed by atoms with E-state index in [0.29, 0.717) is 6.54 Å². The van der Waals surface area contributed by atoms with Gasteiger partial charge in [0.15, 0.2) is 0 Å². The molecule has 0 bridgehead atoms. The topological polar surface area (TPSA) is 55.1 Å². The van der Waals surface area contributed by atoms with Crippen molar-refractivity contribution in [1.29, 1.82) is 0 Å². The summed E-state index contributed by atoms with van der Waals surface area (Å²) in [7, 11) is 0. The standard InChI is InChI=1S/C13H20N2O/c1-3-10-7-5-6-8-11(10)9-15-12(4-2)13(14)16/h5-8,12,15H,3-4,9H2,1-2H3,(H2,14,16). The molecule has 0 aromatic heterocycles. The summed E-state index contributed by atoms with van der Waals surface area (Å²) in [6.07, 6.45) is 1.73. The van der Waals surface area contributed by atoms with Gasteiger partial charge in [-0.3, -0.25) is 4.79 Å². The van der Waals surface area contributed by atoms with Crippen molar-refractivity contribution < 1.29 is 4.79 Å². The number of carbonyl (C=O) groups is 1. The first-order chi connectivity index (χ1) is 7.69. The highest BCUT2D eigenvalue weighted by Crippen LogP contribution is 2.09. The molecule has 1 aromatic carbocycles. The molecule has 88 valence electrons. The first-order valence-corrected chi connectivity index (χ1v) is 5.78. The molecule has 1 amide bonds. The molecule has 1 unspecified atom stereocenters. The van der Waals surface area contributed by atoms with Gasteiger partial charge in [-0.05, 0) is 24.0 Å². The number of benzene rings is 1. The van der Waals surface area contributed by atoms with E-state index < -0.39 is 0 Å². The number of nitrogens with one attached hydrogen (secondary N) is 1. The Morgan fingerprint density at radius 1 is 1.31 bits per heavy atom. The molecule has 0 heterocycles. The van der Waals surface area contributed by atoms with Crippen LogP contribution in [0.3, 0.4) is 0 Å². The minimum atomic E-state index is -0.281. The van der Waals surface area contributed by atoms with Crippen LogP contribution in [-0.4, -0.2) is 11.9 Å². The number of carbonyl (C=O) groups excluding carboxylic acids is 1. The van der Waals surface area contributed by atoms with Crippen LogP contribution in [0.1, 0.15) is 31.4 Å². The van der Waals surface area contributed by atoms with Gasteiger partial charge in [-0.25, -0.2) is 0 Å². The average Bonchev–Trinajstić information content (AvgIpc) is 2.30. The van der Waals surface area contributed by atoms with Crippen molar-refractivity contribution in [3.63, 3.8) is 0 Å². The largest absolute Gasteiger partial charge is 0.368 e. The molecular weight excluding hydrogens is 200 g/mol. The van der Waals surface area contributed by atoms with Crippen molar-refractivity contribution in [2.75, 3.05) is 0 Å². The van der Waals surface area contributed by atoms with E-state index in [1.807, 2.05) is 19.1 Å². The lowest BCUT2D eigenvalue weighted by molar-refractivity contribution is -0.120. The second-order valence-electron chi connectivity index (χ2n) is 3.87. The van der Waals surface area contributed by atoms with Gasteiger partial charge in [0, 0.05) is 6.54 Å². The van der Waals surface area contributed by atoms with Crippen molar-refractivity contribution in [2.24, 2.45) is 5.73 Å². The number of hydrogen-bond acceptors (Lipinski definition) is 2. The molecule has 0 aliphatic carbocycles. The second-order valence-corrected chi connectivity index (χ2v) is 3.87. The fraction of sp³-hybridized carbons (Fsp3) is 0.462. The third-order valence-corrected chi connectivity index (χ3v) is 2.79. The number of primary amides is 1. The van der Waals surface area contributed by atoms with E-state index in [-0.39, 0.29) is 11.9 Å². The van der Waals surface area contributed by atoms with Crippen LogP contribution >= 0.6 is 0 Å². The molecule has 3 nitrogen and oxygen atoms in total. The quantitative estimate of drug-likeness (QED) is 0.765. The van der Waals surface area contributed by atoms with Gasteiger partial charge in [-0.1, -0.05) is 38.1 Å². The molecule has 0 saturated heterocycles. The van der Waals surface area contributed by atoms with Crippen LogP contribution < -0.4 is 11.1 Å². The van der Waals surface area contributed by atoms with Gasteiger partial charge in [-0.2, -0.15) is 0 Å². The molecule has 0 aliphatic rings. The maximum atomic E-state index is 11.1. The summed E-state index contributed by atoms with van der Waals surface area (Å²) >= 11 is 0. The zero-order chi connectivity index (χ0) is 12.0. The lowest BCUT2D eigenvalue weighted by atomic mass is 10.0. The van der Waals surface area contributed by atoms with Crippen LogP contribution in [0.2, 0.25) is 0 Å². The van der Waals surface area contributed by atoms with Crippen molar-refractivity contribution >= 4 is 5.91 Å². The number of rotatable bonds is 6.